The smallest absolute Gasteiger partial charge is 0.267 e. The van der Waals surface area contributed by atoms with Crippen molar-refractivity contribution in [3.8, 4) is 0 Å². The topological polar surface area (TPSA) is 165 Å². The summed E-state index contributed by atoms with van der Waals surface area (Å²) in [7, 11) is -7.81. The second-order valence-corrected chi connectivity index (χ2v) is 13.8. The van der Waals surface area contributed by atoms with Crippen molar-refractivity contribution in [3.63, 3.8) is 0 Å². The zero-order valence-electron chi connectivity index (χ0n) is 21.0. The minimum absolute atomic E-state index is 0.0690. The van der Waals surface area contributed by atoms with Crippen molar-refractivity contribution in [2.75, 3.05) is 22.6 Å². The summed E-state index contributed by atoms with van der Waals surface area (Å²) in [6.07, 6.45) is 3.50. The van der Waals surface area contributed by atoms with E-state index in [1.54, 1.807) is 33.8 Å². The van der Waals surface area contributed by atoms with E-state index in [9.17, 15) is 26.4 Å². The molecule has 0 radical (unpaired) electrons. The molecule has 0 saturated heterocycles. The minimum atomic E-state index is -3.95. The van der Waals surface area contributed by atoms with Crippen molar-refractivity contribution in [1.82, 2.24) is 9.88 Å². The van der Waals surface area contributed by atoms with Gasteiger partial charge in [0.05, 0.1) is 28.2 Å². The molecule has 0 unspecified atom stereocenters. The molecule has 0 atom stereocenters. The van der Waals surface area contributed by atoms with Crippen LogP contribution in [0.1, 0.15) is 41.7 Å². The standard InChI is InChI=1S/C23H25ClN4O7S3/c1-12-9-13(2)19(16(10-12)21(29)28-37(5,31)32)26-22(30)20-17(11-14(3)36-20)38(33,34)8-6-7-25-23-18(24)15(4)27-35-23/h6-7,9-11,25H,8H2,1-5H3,(H,26,30)(H,28,29). The molecule has 2 amide bonds. The van der Waals surface area contributed by atoms with E-state index in [-0.39, 0.29) is 31.9 Å². The van der Waals surface area contributed by atoms with Crippen molar-refractivity contribution >= 4 is 66.2 Å². The third-order valence-corrected chi connectivity index (χ3v) is 8.85. The summed E-state index contributed by atoms with van der Waals surface area (Å²) in [6.45, 7) is 6.66. The van der Waals surface area contributed by atoms with Crippen LogP contribution in [0.5, 0.6) is 0 Å². The number of sulfone groups is 1. The van der Waals surface area contributed by atoms with Crippen LogP contribution in [-0.4, -0.2) is 45.8 Å². The number of amides is 2. The van der Waals surface area contributed by atoms with E-state index in [0.29, 0.717) is 21.7 Å². The highest BCUT2D eigenvalue weighted by molar-refractivity contribution is 7.91. The number of aromatic nitrogens is 1. The van der Waals surface area contributed by atoms with E-state index in [1.807, 2.05) is 4.72 Å². The lowest BCUT2D eigenvalue weighted by molar-refractivity contribution is 0.0982. The van der Waals surface area contributed by atoms with E-state index in [1.165, 1.54) is 24.4 Å². The normalized spacial score (nSPS) is 12.1. The van der Waals surface area contributed by atoms with Gasteiger partial charge in [0.1, 0.15) is 15.6 Å². The molecule has 0 bridgehead atoms. The Morgan fingerprint density at radius 2 is 1.76 bits per heavy atom. The van der Waals surface area contributed by atoms with Gasteiger partial charge in [-0.15, -0.1) is 11.3 Å². The van der Waals surface area contributed by atoms with Crippen LogP contribution in [-0.2, 0) is 19.9 Å². The fraction of sp³-hybridized carbons (Fsp3) is 0.261. The van der Waals surface area contributed by atoms with Crippen LogP contribution in [0.25, 0.3) is 0 Å². The Morgan fingerprint density at radius 1 is 1.08 bits per heavy atom. The number of hydrogen-bond acceptors (Lipinski definition) is 10. The lowest BCUT2D eigenvalue weighted by Crippen LogP contribution is -2.30. The first-order chi connectivity index (χ1) is 17.6. The summed E-state index contributed by atoms with van der Waals surface area (Å²) in [5.74, 6) is -1.96. The van der Waals surface area contributed by atoms with Gasteiger partial charge in [-0.25, -0.2) is 21.6 Å². The number of hydrogen-bond donors (Lipinski definition) is 3. The van der Waals surface area contributed by atoms with Crippen LogP contribution in [0.15, 0.2) is 39.9 Å². The van der Waals surface area contributed by atoms with Gasteiger partial charge >= 0.3 is 0 Å². The Hall–Kier alpha value is -3.20. The molecule has 15 heteroatoms. The maximum atomic E-state index is 13.3. The van der Waals surface area contributed by atoms with Crippen molar-refractivity contribution in [2.24, 2.45) is 0 Å². The Balaban J connectivity index is 1.87. The zero-order valence-corrected chi connectivity index (χ0v) is 24.2. The molecular weight excluding hydrogens is 576 g/mol. The number of anilines is 2. The lowest BCUT2D eigenvalue weighted by Gasteiger charge is -2.15. The molecule has 0 aliphatic rings. The second kappa shape index (κ2) is 11.3. The van der Waals surface area contributed by atoms with Crippen LogP contribution in [0.3, 0.4) is 0 Å². The lowest BCUT2D eigenvalue weighted by atomic mass is 10.0. The van der Waals surface area contributed by atoms with Gasteiger partial charge in [0.15, 0.2) is 9.84 Å². The van der Waals surface area contributed by atoms with Gasteiger partial charge in [-0.05, 0) is 51.0 Å². The molecular formula is C23H25ClN4O7S3. The number of halogens is 1. The number of nitrogens with one attached hydrogen (secondary N) is 3. The quantitative estimate of drug-likeness (QED) is 0.329. The average Bonchev–Trinajstić information content (AvgIpc) is 3.34. The Labute approximate surface area is 229 Å². The van der Waals surface area contributed by atoms with Crippen molar-refractivity contribution in [2.45, 2.75) is 32.6 Å². The number of aryl methyl sites for hydroxylation is 4. The second-order valence-electron chi connectivity index (χ2n) is 8.45. The van der Waals surface area contributed by atoms with Crippen LogP contribution in [0.2, 0.25) is 5.02 Å². The van der Waals surface area contributed by atoms with E-state index < -0.39 is 37.4 Å². The van der Waals surface area contributed by atoms with Gasteiger partial charge in [0.25, 0.3) is 11.8 Å². The summed E-state index contributed by atoms with van der Waals surface area (Å²) in [5.41, 5.74) is 1.62. The molecule has 3 aromatic rings. The largest absolute Gasteiger partial charge is 0.337 e. The molecule has 0 aliphatic carbocycles. The number of carbonyl (C=O) groups is 2. The van der Waals surface area contributed by atoms with Crippen LogP contribution in [0, 0.1) is 27.7 Å². The fourth-order valence-corrected chi connectivity index (χ4v) is 6.65. The summed E-state index contributed by atoms with van der Waals surface area (Å²) >= 11 is 6.99. The van der Waals surface area contributed by atoms with E-state index in [0.717, 1.165) is 17.6 Å². The number of sulfonamides is 1. The Bertz CT molecular complexity index is 1660. The molecule has 38 heavy (non-hydrogen) atoms. The number of rotatable bonds is 9. The molecule has 2 heterocycles. The Morgan fingerprint density at radius 3 is 2.37 bits per heavy atom. The molecule has 0 spiro atoms. The summed E-state index contributed by atoms with van der Waals surface area (Å²) < 4.78 is 56.3. The summed E-state index contributed by atoms with van der Waals surface area (Å²) in [5, 5.41) is 9.26. The first-order valence-electron chi connectivity index (χ1n) is 10.9. The first kappa shape index (κ1) is 29.4. The van der Waals surface area contributed by atoms with Gasteiger partial charge in [-0.2, -0.15) is 0 Å². The molecule has 3 N–H and O–H groups in total. The number of benzene rings is 1. The van der Waals surface area contributed by atoms with E-state index in [4.69, 9.17) is 16.1 Å². The molecule has 1 aromatic carbocycles. The third-order valence-electron chi connectivity index (χ3n) is 5.04. The minimum Gasteiger partial charge on any atom is -0.337 e. The molecule has 2 aromatic heterocycles. The summed E-state index contributed by atoms with van der Waals surface area (Å²) in [4.78, 5) is 26.2. The zero-order chi connectivity index (χ0) is 28.4. The highest BCUT2D eigenvalue weighted by Gasteiger charge is 2.27. The predicted molar refractivity (Wildman–Crippen MR) is 146 cm³/mol. The molecule has 3 rings (SSSR count). The molecule has 11 nitrogen and oxygen atoms in total. The molecule has 0 saturated carbocycles. The van der Waals surface area contributed by atoms with Gasteiger partial charge in [-0.3, -0.25) is 9.59 Å². The number of nitrogens with zero attached hydrogens (tertiary/aromatic N) is 1. The average molecular weight is 601 g/mol. The SMILES string of the molecule is Cc1cc(C)c(NC(=O)c2sc(C)cc2S(=O)(=O)CC=CNc2onc(C)c2Cl)c(C(=O)NS(C)(=O)=O)c1. The maximum Gasteiger partial charge on any atom is 0.267 e. The molecule has 204 valence electrons. The van der Waals surface area contributed by atoms with Crippen LogP contribution < -0.4 is 15.4 Å². The molecule has 0 fully saturated rings. The third kappa shape index (κ3) is 7.01. The number of thiophene rings is 1. The predicted octanol–water partition coefficient (Wildman–Crippen LogP) is 3.96. The van der Waals surface area contributed by atoms with Crippen molar-refractivity contribution in [1.29, 1.82) is 0 Å². The maximum absolute atomic E-state index is 13.3. The van der Waals surface area contributed by atoms with Crippen LogP contribution >= 0.6 is 22.9 Å². The van der Waals surface area contributed by atoms with Gasteiger partial charge in [-0.1, -0.05) is 28.9 Å². The highest BCUT2D eigenvalue weighted by Crippen LogP contribution is 2.30. The van der Waals surface area contributed by atoms with E-state index in [2.05, 4.69) is 15.8 Å². The highest BCUT2D eigenvalue weighted by atomic mass is 35.5. The number of carbonyl (C=O) groups excluding carboxylic acids is 2. The van der Waals surface area contributed by atoms with Crippen molar-refractivity contribution in [3.05, 3.63) is 67.6 Å². The van der Waals surface area contributed by atoms with Crippen LogP contribution in [0.4, 0.5) is 11.6 Å². The van der Waals surface area contributed by atoms with E-state index >= 15 is 0 Å². The fourth-order valence-electron chi connectivity index (χ4n) is 3.43. The summed E-state index contributed by atoms with van der Waals surface area (Å²) in [6, 6.07) is 4.52. The monoisotopic (exact) mass is 600 g/mol. The van der Waals surface area contributed by atoms with Crippen molar-refractivity contribution < 1.29 is 30.9 Å². The van der Waals surface area contributed by atoms with Gasteiger partial charge in [0.2, 0.25) is 15.9 Å². The molecule has 0 aliphatic heterocycles. The van der Waals surface area contributed by atoms with Gasteiger partial charge < -0.3 is 15.2 Å². The first-order valence-corrected chi connectivity index (χ1v) is 15.6. The Kier molecular flexibility index (Phi) is 8.71. The van der Waals surface area contributed by atoms with Gasteiger partial charge in [0, 0.05) is 11.1 Å².